The molecule has 0 aromatic carbocycles. The Balaban J connectivity index is 1.95. The third-order valence-electron chi connectivity index (χ3n) is 1.69. The quantitative estimate of drug-likeness (QED) is 0.651. The number of nitrogens with one attached hydrogen (secondary N) is 2. The topological polar surface area (TPSA) is 92.5 Å². The number of hydrogen-bond donors (Lipinski definition) is 3. The first kappa shape index (κ1) is 8.49. The number of anilines is 2. The molecular formula is C8H10N6. The second-order valence-electron chi connectivity index (χ2n) is 2.76. The van der Waals surface area contributed by atoms with Gasteiger partial charge in [0.25, 0.3) is 0 Å². The van der Waals surface area contributed by atoms with Crippen molar-refractivity contribution in [3.63, 3.8) is 0 Å². The van der Waals surface area contributed by atoms with E-state index in [1.165, 1.54) is 6.20 Å². The van der Waals surface area contributed by atoms with Gasteiger partial charge >= 0.3 is 0 Å². The van der Waals surface area contributed by atoms with Gasteiger partial charge in [-0.05, 0) is 0 Å². The van der Waals surface area contributed by atoms with Gasteiger partial charge in [-0.25, -0.2) is 15.0 Å². The zero-order valence-electron chi connectivity index (χ0n) is 7.44. The highest BCUT2D eigenvalue weighted by molar-refractivity contribution is 5.36. The lowest BCUT2D eigenvalue weighted by Crippen LogP contribution is -2.02. The Kier molecular flexibility index (Phi) is 2.26. The van der Waals surface area contributed by atoms with E-state index in [1.54, 1.807) is 18.7 Å². The molecule has 0 saturated heterocycles. The number of imidazole rings is 1. The molecule has 0 bridgehead atoms. The highest BCUT2D eigenvalue weighted by atomic mass is 15.0. The van der Waals surface area contributed by atoms with E-state index in [2.05, 4.69) is 25.3 Å². The van der Waals surface area contributed by atoms with Crippen LogP contribution in [-0.2, 0) is 6.54 Å². The molecule has 0 radical (unpaired) electrons. The van der Waals surface area contributed by atoms with Crippen LogP contribution in [0.3, 0.4) is 0 Å². The molecule has 0 unspecified atom stereocenters. The van der Waals surface area contributed by atoms with Gasteiger partial charge in [0.2, 0.25) is 0 Å². The monoisotopic (exact) mass is 190 g/mol. The average molecular weight is 190 g/mol. The highest BCUT2D eigenvalue weighted by Crippen LogP contribution is 2.03. The van der Waals surface area contributed by atoms with E-state index in [4.69, 9.17) is 5.73 Å². The van der Waals surface area contributed by atoms with E-state index in [0.29, 0.717) is 18.2 Å². The molecule has 6 nitrogen and oxygen atoms in total. The molecule has 6 heteroatoms. The summed E-state index contributed by atoms with van der Waals surface area (Å²) in [5, 5.41) is 3.07. The molecule has 0 aliphatic heterocycles. The largest absolute Gasteiger partial charge is 0.382 e. The minimum absolute atomic E-state index is 0.414. The molecule has 0 atom stereocenters. The lowest BCUT2D eigenvalue weighted by molar-refractivity contribution is 1.04. The predicted molar refractivity (Wildman–Crippen MR) is 52.4 cm³/mol. The summed E-state index contributed by atoms with van der Waals surface area (Å²) in [5.41, 5.74) is 6.39. The first-order valence-corrected chi connectivity index (χ1v) is 4.13. The number of H-pyrrole nitrogens is 1. The molecule has 0 amide bonds. The smallest absolute Gasteiger partial charge is 0.144 e. The third-order valence-corrected chi connectivity index (χ3v) is 1.69. The normalized spacial score (nSPS) is 10.0. The maximum Gasteiger partial charge on any atom is 0.144 e. The van der Waals surface area contributed by atoms with Gasteiger partial charge in [0.1, 0.15) is 11.6 Å². The summed E-state index contributed by atoms with van der Waals surface area (Å²) in [6.07, 6.45) is 6.48. The van der Waals surface area contributed by atoms with E-state index >= 15 is 0 Å². The zero-order valence-corrected chi connectivity index (χ0v) is 7.44. The maximum absolute atomic E-state index is 5.40. The van der Waals surface area contributed by atoms with Crippen LogP contribution in [0.25, 0.3) is 0 Å². The van der Waals surface area contributed by atoms with Gasteiger partial charge in [-0.15, -0.1) is 0 Å². The number of rotatable bonds is 3. The van der Waals surface area contributed by atoms with Crippen LogP contribution in [0, 0.1) is 0 Å². The van der Waals surface area contributed by atoms with Gasteiger partial charge in [-0.2, -0.15) is 0 Å². The highest BCUT2D eigenvalue weighted by Gasteiger charge is 1.95. The maximum atomic E-state index is 5.40. The minimum Gasteiger partial charge on any atom is -0.382 e. The van der Waals surface area contributed by atoms with Crippen molar-refractivity contribution in [2.45, 2.75) is 6.54 Å². The molecule has 2 rings (SSSR count). The van der Waals surface area contributed by atoms with Crippen LogP contribution < -0.4 is 11.1 Å². The molecule has 72 valence electrons. The number of nitrogens with two attached hydrogens (primary N) is 1. The first-order valence-electron chi connectivity index (χ1n) is 4.13. The van der Waals surface area contributed by atoms with Crippen LogP contribution in [0.1, 0.15) is 5.69 Å². The zero-order chi connectivity index (χ0) is 9.80. The van der Waals surface area contributed by atoms with Crippen molar-refractivity contribution in [3.8, 4) is 0 Å². The van der Waals surface area contributed by atoms with Crippen LogP contribution in [0.4, 0.5) is 11.6 Å². The van der Waals surface area contributed by atoms with Crippen LogP contribution >= 0.6 is 0 Å². The van der Waals surface area contributed by atoms with Gasteiger partial charge in [-0.1, -0.05) is 0 Å². The third kappa shape index (κ3) is 1.98. The van der Waals surface area contributed by atoms with Crippen molar-refractivity contribution in [2.75, 3.05) is 11.1 Å². The number of nitrogen functional groups attached to an aromatic ring is 1. The van der Waals surface area contributed by atoms with E-state index in [1.807, 2.05) is 0 Å². The molecule has 0 aliphatic rings. The van der Waals surface area contributed by atoms with Crippen molar-refractivity contribution in [3.05, 3.63) is 30.6 Å². The summed E-state index contributed by atoms with van der Waals surface area (Å²) in [6, 6.07) is 0. The second kappa shape index (κ2) is 3.73. The minimum atomic E-state index is 0.414. The van der Waals surface area contributed by atoms with E-state index in [-0.39, 0.29) is 0 Å². The van der Waals surface area contributed by atoms with Crippen molar-refractivity contribution in [1.29, 1.82) is 0 Å². The second-order valence-corrected chi connectivity index (χ2v) is 2.76. The van der Waals surface area contributed by atoms with Gasteiger partial charge < -0.3 is 16.0 Å². The Morgan fingerprint density at radius 1 is 1.29 bits per heavy atom. The van der Waals surface area contributed by atoms with Crippen molar-refractivity contribution >= 4 is 11.6 Å². The van der Waals surface area contributed by atoms with Crippen LogP contribution in [0.2, 0.25) is 0 Å². The summed E-state index contributed by atoms with van der Waals surface area (Å²) >= 11 is 0. The van der Waals surface area contributed by atoms with Gasteiger partial charge in [0.05, 0.1) is 31.0 Å². The molecule has 0 spiro atoms. The Morgan fingerprint density at radius 2 is 2.21 bits per heavy atom. The predicted octanol–water partition coefficient (Wildman–Crippen LogP) is 0.394. The molecule has 14 heavy (non-hydrogen) atoms. The molecule has 0 saturated carbocycles. The fraction of sp³-hybridized carbons (Fsp3) is 0.125. The van der Waals surface area contributed by atoms with Crippen molar-refractivity contribution < 1.29 is 0 Å². The Morgan fingerprint density at radius 3 is 2.86 bits per heavy atom. The summed E-state index contributed by atoms with van der Waals surface area (Å²) < 4.78 is 0. The molecule has 2 aromatic rings. The Hall–Kier alpha value is -2.11. The molecule has 0 aliphatic carbocycles. The van der Waals surface area contributed by atoms with Crippen molar-refractivity contribution in [1.82, 2.24) is 19.9 Å². The van der Waals surface area contributed by atoms with Gasteiger partial charge in [-0.3, -0.25) is 0 Å². The fourth-order valence-corrected chi connectivity index (χ4v) is 0.996. The summed E-state index contributed by atoms with van der Waals surface area (Å²) in [5.74, 6) is 1.10. The molecule has 2 heterocycles. The molecular weight excluding hydrogens is 180 g/mol. The number of hydrogen-bond acceptors (Lipinski definition) is 5. The standard InChI is InChI=1S/C8H10N6/c9-7-3-13-8(4-11-7)12-2-6-1-10-5-14-6/h1,3-5H,2H2,(H2,9,11)(H,10,14)(H,12,13). The number of aromatic amines is 1. The molecule has 4 N–H and O–H groups in total. The van der Waals surface area contributed by atoms with E-state index in [0.717, 1.165) is 5.69 Å². The average Bonchev–Trinajstić information content (AvgIpc) is 2.70. The van der Waals surface area contributed by atoms with E-state index in [9.17, 15) is 0 Å². The lowest BCUT2D eigenvalue weighted by atomic mass is 10.4. The number of nitrogens with zero attached hydrogens (tertiary/aromatic N) is 3. The SMILES string of the molecule is Nc1cnc(NCc2cnc[nH]2)cn1. The molecule has 2 aromatic heterocycles. The Labute approximate surface area is 80.6 Å². The van der Waals surface area contributed by atoms with Gasteiger partial charge in [0.15, 0.2) is 0 Å². The molecule has 0 fully saturated rings. The van der Waals surface area contributed by atoms with E-state index < -0.39 is 0 Å². The van der Waals surface area contributed by atoms with Crippen LogP contribution in [0.5, 0.6) is 0 Å². The Bertz CT molecular complexity index is 379. The first-order chi connectivity index (χ1) is 6.84. The van der Waals surface area contributed by atoms with Crippen molar-refractivity contribution in [2.24, 2.45) is 0 Å². The van der Waals surface area contributed by atoms with Gasteiger partial charge in [0, 0.05) is 6.20 Å². The fourth-order valence-electron chi connectivity index (χ4n) is 0.996. The summed E-state index contributed by atoms with van der Waals surface area (Å²) in [6.45, 7) is 0.637. The van der Waals surface area contributed by atoms with Crippen LogP contribution in [0.15, 0.2) is 24.9 Å². The lowest BCUT2D eigenvalue weighted by Gasteiger charge is -2.02. The number of aromatic nitrogens is 4. The van der Waals surface area contributed by atoms with Crippen LogP contribution in [-0.4, -0.2) is 19.9 Å². The summed E-state index contributed by atoms with van der Waals surface area (Å²) in [7, 11) is 0. The summed E-state index contributed by atoms with van der Waals surface area (Å²) in [4.78, 5) is 14.8.